The van der Waals surface area contributed by atoms with E-state index in [0.717, 1.165) is 0 Å². The zero-order valence-electron chi connectivity index (χ0n) is 15.7. The molecule has 1 N–H and O–H groups in total. The minimum Gasteiger partial charge on any atom is -0.497 e. The zero-order chi connectivity index (χ0) is 20.1. The Morgan fingerprint density at radius 2 is 1.82 bits per heavy atom. The fourth-order valence-electron chi connectivity index (χ4n) is 2.85. The molecule has 0 atom stereocenters. The third-order valence-electron chi connectivity index (χ3n) is 4.34. The summed E-state index contributed by atoms with van der Waals surface area (Å²) in [7, 11) is -0.889. The summed E-state index contributed by atoms with van der Waals surface area (Å²) in [5.41, 5.74) is 0.744. The van der Waals surface area contributed by atoms with E-state index < -0.39 is 15.9 Å². The molecule has 2 aromatic rings. The number of nitrogens with zero attached hydrogens (tertiary/aromatic N) is 1. The van der Waals surface area contributed by atoms with E-state index in [1.54, 1.807) is 24.3 Å². The van der Waals surface area contributed by atoms with Gasteiger partial charge in [-0.1, -0.05) is 6.07 Å². The summed E-state index contributed by atoms with van der Waals surface area (Å²) < 4.78 is 43.0. The van der Waals surface area contributed by atoms with Crippen molar-refractivity contribution in [2.45, 2.75) is 4.90 Å². The molecule has 1 heterocycles. The van der Waals surface area contributed by atoms with Gasteiger partial charge >= 0.3 is 0 Å². The average molecular weight is 406 g/mol. The van der Waals surface area contributed by atoms with E-state index in [1.807, 2.05) is 0 Å². The molecular weight excluding hydrogens is 384 g/mol. The highest BCUT2D eigenvalue weighted by Gasteiger charge is 2.30. The van der Waals surface area contributed by atoms with Crippen molar-refractivity contribution in [3.8, 4) is 11.5 Å². The molecule has 0 radical (unpaired) electrons. The normalized spacial score (nSPS) is 15.1. The van der Waals surface area contributed by atoms with Crippen LogP contribution in [0.1, 0.15) is 10.4 Å². The van der Waals surface area contributed by atoms with Crippen LogP contribution in [0.25, 0.3) is 0 Å². The first-order chi connectivity index (χ1) is 13.5. The van der Waals surface area contributed by atoms with Crippen LogP contribution in [-0.4, -0.2) is 59.2 Å². The smallest absolute Gasteiger partial charge is 0.255 e. The van der Waals surface area contributed by atoms with Gasteiger partial charge in [0.25, 0.3) is 5.91 Å². The fraction of sp³-hybridized carbons (Fsp3) is 0.316. The van der Waals surface area contributed by atoms with Crippen LogP contribution in [0.5, 0.6) is 11.5 Å². The topological polar surface area (TPSA) is 94.2 Å². The maximum Gasteiger partial charge on any atom is 0.255 e. The highest BCUT2D eigenvalue weighted by molar-refractivity contribution is 7.89. The van der Waals surface area contributed by atoms with Crippen LogP contribution in [-0.2, 0) is 14.8 Å². The molecule has 150 valence electrons. The first-order valence-corrected chi connectivity index (χ1v) is 10.1. The molecule has 0 unspecified atom stereocenters. The minimum absolute atomic E-state index is 0.0461. The van der Waals surface area contributed by atoms with Crippen molar-refractivity contribution in [2.75, 3.05) is 45.8 Å². The molecule has 3 rings (SSSR count). The number of carbonyl (C=O) groups is 1. The van der Waals surface area contributed by atoms with Gasteiger partial charge in [0.1, 0.15) is 16.4 Å². The second-order valence-corrected chi connectivity index (χ2v) is 7.97. The Kier molecular flexibility index (Phi) is 6.18. The molecule has 8 nitrogen and oxygen atoms in total. The fourth-order valence-corrected chi connectivity index (χ4v) is 4.44. The molecule has 0 aliphatic carbocycles. The number of amides is 1. The number of hydrogen-bond acceptors (Lipinski definition) is 6. The molecule has 1 aliphatic rings. The summed E-state index contributed by atoms with van der Waals surface area (Å²) in [5, 5.41) is 2.74. The lowest BCUT2D eigenvalue weighted by molar-refractivity contribution is 0.0729. The summed E-state index contributed by atoms with van der Waals surface area (Å²) in [6.07, 6.45) is 0. The predicted octanol–water partition coefficient (Wildman–Crippen LogP) is 1.98. The lowest BCUT2D eigenvalue weighted by Gasteiger charge is -2.26. The highest BCUT2D eigenvalue weighted by Crippen LogP contribution is 2.29. The monoisotopic (exact) mass is 406 g/mol. The predicted molar refractivity (Wildman–Crippen MR) is 104 cm³/mol. The molecule has 1 aliphatic heterocycles. The van der Waals surface area contributed by atoms with Gasteiger partial charge in [0.2, 0.25) is 10.0 Å². The quantitative estimate of drug-likeness (QED) is 0.788. The van der Waals surface area contributed by atoms with E-state index >= 15 is 0 Å². The molecule has 1 amide bonds. The van der Waals surface area contributed by atoms with Crippen LogP contribution in [0.4, 0.5) is 5.69 Å². The Labute approximate surface area is 164 Å². The number of morpholine rings is 1. The average Bonchev–Trinajstić information content (AvgIpc) is 2.74. The number of hydrogen-bond donors (Lipinski definition) is 1. The van der Waals surface area contributed by atoms with Gasteiger partial charge in [-0.25, -0.2) is 8.42 Å². The molecular formula is C19H22N2O6S. The van der Waals surface area contributed by atoms with E-state index in [-0.39, 0.29) is 29.3 Å². The van der Waals surface area contributed by atoms with Crippen molar-refractivity contribution < 1.29 is 27.4 Å². The molecule has 0 saturated carbocycles. The van der Waals surface area contributed by atoms with Gasteiger partial charge < -0.3 is 19.5 Å². The number of sulfonamides is 1. The molecule has 1 saturated heterocycles. The largest absolute Gasteiger partial charge is 0.497 e. The standard InChI is InChI=1S/C19H22N2O6S/c1-25-16-5-3-4-15(13-16)20-19(22)14-6-7-17(26-2)18(12-14)28(23,24)21-8-10-27-11-9-21/h3-7,12-13H,8-11H2,1-2H3,(H,20,22). The van der Waals surface area contributed by atoms with Gasteiger partial charge in [0, 0.05) is 30.4 Å². The minimum atomic E-state index is -3.82. The summed E-state index contributed by atoms with van der Waals surface area (Å²) in [6, 6.07) is 11.2. The first-order valence-electron chi connectivity index (χ1n) is 8.67. The maximum absolute atomic E-state index is 13.0. The molecule has 2 aromatic carbocycles. The molecule has 0 bridgehead atoms. The summed E-state index contributed by atoms with van der Waals surface area (Å²) in [6.45, 7) is 1.17. The Morgan fingerprint density at radius 3 is 2.50 bits per heavy atom. The van der Waals surface area contributed by atoms with E-state index in [1.165, 1.54) is 36.7 Å². The summed E-state index contributed by atoms with van der Waals surface area (Å²) in [4.78, 5) is 12.6. The third-order valence-corrected chi connectivity index (χ3v) is 6.26. The van der Waals surface area contributed by atoms with Crippen LogP contribution in [0.15, 0.2) is 47.4 Å². The molecule has 9 heteroatoms. The lowest BCUT2D eigenvalue weighted by Crippen LogP contribution is -2.40. The maximum atomic E-state index is 13.0. The molecule has 28 heavy (non-hydrogen) atoms. The van der Waals surface area contributed by atoms with Crippen molar-refractivity contribution in [3.05, 3.63) is 48.0 Å². The number of ether oxygens (including phenoxy) is 3. The van der Waals surface area contributed by atoms with Crippen LogP contribution >= 0.6 is 0 Å². The van der Waals surface area contributed by atoms with Crippen molar-refractivity contribution in [1.82, 2.24) is 4.31 Å². The van der Waals surface area contributed by atoms with Gasteiger partial charge in [0.05, 0.1) is 27.4 Å². The van der Waals surface area contributed by atoms with Gasteiger partial charge in [0.15, 0.2) is 0 Å². The summed E-state index contributed by atoms with van der Waals surface area (Å²) >= 11 is 0. The molecule has 0 aromatic heterocycles. The van der Waals surface area contributed by atoms with Gasteiger partial charge in [-0.15, -0.1) is 0 Å². The first kappa shape index (κ1) is 20.1. The number of benzene rings is 2. The van der Waals surface area contributed by atoms with Crippen LogP contribution in [0.3, 0.4) is 0 Å². The van der Waals surface area contributed by atoms with Crippen LogP contribution in [0.2, 0.25) is 0 Å². The SMILES string of the molecule is COc1cccc(NC(=O)c2ccc(OC)c(S(=O)(=O)N3CCOCC3)c2)c1. The molecule has 1 fully saturated rings. The van der Waals surface area contributed by atoms with E-state index in [0.29, 0.717) is 24.7 Å². The van der Waals surface area contributed by atoms with E-state index in [2.05, 4.69) is 5.32 Å². The van der Waals surface area contributed by atoms with E-state index in [4.69, 9.17) is 14.2 Å². The van der Waals surface area contributed by atoms with Crippen LogP contribution < -0.4 is 14.8 Å². The zero-order valence-corrected chi connectivity index (χ0v) is 16.5. The van der Waals surface area contributed by atoms with Crippen LogP contribution in [0, 0.1) is 0 Å². The third kappa shape index (κ3) is 4.27. The lowest BCUT2D eigenvalue weighted by atomic mass is 10.2. The number of rotatable bonds is 6. The Bertz CT molecular complexity index is 955. The van der Waals surface area contributed by atoms with Gasteiger partial charge in [-0.05, 0) is 30.3 Å². The second-order valence-electron chi connectivity index (χ2n) is 6.07. The number of anilines is 1. The van der Waals surface area contributed by atoms with Gasteiger partial charge in [-0.2, -0.15) is 4.31 Å². The van der Waals surface area contributed by atoms with Gasteiger partial charge in [-0.3, -0.25) is 4.79 Å². The Morgan fingerprint density at radius 1 is 1.07 bits per heavy atom. The Hall–Kier alpha value is -2.62. The second kappa shape index (κ2) is 8.59. The summed E-state index contributed by atoms with van der Waals surface area (Å²) in [5.74, 6) is 0.349. The number of carbonyl (C=O) groups excluding carboxylic acids is 1. The Balaban J connectivity index is 1.90. The number of nitrogens with one attached hydrogen (secondary N) is 1. The molecule has 0 spiro atoms. The highest BCUT2D eigenvalue weighted by atomic mass is 32.2. The van der Waals surface area contributed by atoms with Crippen molar-refractivity contribution in [3.63, 3.8) is 0 Å². The van der Waals surface area contributed by atoms with E-state index in [9.17, 15) is 13.2 Å². The van der Waals surface area contributed by atoms with Crippen molar-refractivity contribution >= 4 is 21.6 Å². The number of methoxy groups -OCH3 is 2. The van der Waals surface area contributed by atoms with Crippen molar-refractivity contribution in [1.29, 1.82) is 0 Å². The van der Waals surface area contributed by atoms with Crippen molar-refractivity contribution in [2.24, 2.45) is 0 Å².